The monoisotopic (exact) mass is 937 g/mol. The average Bonchev–Trinajstić information content (AvgIpc) is 3.33. The van der Waals surface area contributed by atoms with E-state index in [0.29, 0.717) is 19.3 Å². The summed E-state index contributed by atoms with van der Waals surface area (Å²) in [6, 6.07) is 0. The summed E-state index contributed by atoms with van der Waals surface area (Å²) in [7, 11) is 0. The van der Waals surface area contributed by atoms with E-state index in [1.54, 1.807) is 0 Å². The Hall–Kier alpha value is -2.89. The van der Waals surface area contributed by atoms with Gasteiger partial charge in [-0.2, -0.15) is 0 Å². The number of ether oxygens (including phenoxy) is 3. The molecule has 0 rings (SSSR count). The Morgan fingerprint density at radius 1 is 0.313 bits per heavy atom. The largest absolute Gasteiger partial charge is 0.462 e. The van der Waals surface area contributed by atoms with Crippen LogP contribution in [0.15, 0.2) is 60.8 Å². The molecule has 0 aromatic heterocycles. The maximum atomic E-state index is 12.9. The maximum Gasteiger partial charge on any atom is 0.306 e. The molecule has 388 valence electrons. The molecule has 0 spiro atoms. The first-order chi connectivity index (χ1) is 33.0. The summed E-state index contributed by atoms with van der Waals surface area (Å²) in [6.07, 6.45) is 69.2. The van der Waals surface area contributed by atoms with Crippen molar-refractivity contribution in [3.8, 4) is 0 Å². The van der Waals surface area contributed by atoms with Crippen LogP contribution in [-0.4, -0.2) is 37.2 Å². The van der Waals surface area contributed by atoms with Crippen LogP contribution in [0.3, 0.4) is 0 Å². The highest BCUT2D eigenvalue weighted by Crippen LogP contribution is 2.16. The molecule has 0 bridgehead atoms. The second-order valence-corrected chi connectivity index (χ2v) is 19.2. The zero-order chi connectivity index (χ0) is 48.6. The van der Waals surface area contributed by atoms with Crippen LogP contribution < -0.4 is 0 Å². The lowest BCUT2D eigenvalue weighted by Crippen LogP contribution is -2.30. The molecule has 0 aromatic rings. The number of esters is 3. The Kier molecular flexibility index (Phi) is 53.3. The van der Waals surface area contributed by atoms with E-state index in [-0.39, 0.29) is 31.1 Å². The molecule has 6 heteroatoms. The SMILES string of the molecule is CC/C=C\C/C=C\C/C=C\C/C=C\CCCCCCC(=O)OC[C@H](COC(=O)CCCCCCC/C=C\CCCCCC)OC(=O)CCCCCCCCCCCCCCCCCCCCC. The molecule has 0 amide bonds. The average molecular weight is 938 g/mol. The maximum absolute atomic E-state index is 12.9. The fraction of sp³-hybridized carbons (Fsp3) is 0.787. The Bertz CT molecular complexity index is 1210. The molecule has 0 saturated heterocycles. The van der Waals surface area contributed by atoms with Crippen molar-refractivity contribution in [3.63, 3.8) is 0 Å². The van der Waals surface area contributed by atoms with Crippen molar-refractivity contribution in [2.75, 3.05) is 13.2 Å². The minimum absolute atomic E-state index is 0.0842. The summed E-state index contributed by atoms with van der Waals surface area (Å²) >= 11 is 0. The summed E-state index contributed by atoms with van der Waals surface area (Å²) in [5.74, 6) is -0.904. The van der Waals surface area contributed by atoms with Gasteiger partial charge in [-0.15, -0.1) is 0 Å². The van der Waals surface area contributed by atoms with Crippen LogP contribution in [0.5, 0.6) is 0 Å². The minimum atomic E-state index is -0.786. The molecule has 0 radical (unpaired) electrons. The van der Waals surface area contributed by atoms with Gasteiger partial charge in [-0.1, -0.05) is 248 Å². The van der Waals surface area contributed by atoms with Crippen LogP contribution >= 0.6 is 0 Å². The Labute approximate surface area is 415 Å². The van der Waals surface area contributed by atoms with Gasteiger partial charge in [0.2, 0.25) is 0 Å². The van der Waals surface area contributed by atoms with Crippen molar-refractivity contribution in [2.45, 2.75) is 297 Å². The zero-order valence-electron chi connectivity index (χ0n) is 44.4. The first kappa shape index (κ1) is 64.1. The topological polar surface area (TPSA) is 78.9 Å². The quantitative estimate of drug-likeness (QED) is 0.0262. The third-order valence-electron chi connectivity index (χ3n) is 12.5. The van der Waals surface area contributed by atoms with Gasteiger partial charge in [0.1, 0.15) is 13.2 Å². The normalized spacial score (nSPS) is 12.5. The van der Waals surface area contributed by atoms with Crippen LogP contribution in [0.2, 0.25) is 0 Å². The molecule has 0 aromatic carbocycles. The minimum Gasteiger partial charge on any atom is -0.462 e. The fourth-order valence-electron chi connectivity index (χ4n) is 8.19. The number of allylic oxidation sites excluding steroid dienone is 10. The summed E-state index contributed by atoms with van der Waals surface area (Å²) < 4.78 is 16.8. The highest BCUT2D eigenvalue weighted by molar-refractivity contribution is 5.71. The number of carbonyl (C=O) groups excluding carboxylic acids is 3. The molecule has 0 aliphatic heterocycles. The molecule has 0 saturated carbocycles. The lowest BCUT2D eigenvalue weighted by Gasteiger charge is -2.18. The molecule has 6 nitrogen and oxygen atoms in total. The fourth-order valence-corrected chi connectivity index (χ4v) is 8.19. The number of hydrogen-bond acceptors (Lipinski definition) is 6. The molecular weight excluding hydrogens is 829 g/mol. The number of carbonyl (C=O) groups is 3. The van der Waals surface area contributed by atoms with Gasteiger partial charge in [0.15, 0.2) is 6.10 Å². The van der Waals surface area contributed by atoms with Gasteiger partial charge in [-0.25, -0.2) is 0 Å². The van der Waals surface area contributed by atoms with Crippen molar-refractivity contribution >= 4 is 17.9 Å². The van der Waals surface area contributed by atoms with Gasteiger partial charge in [0.25, 0.3) is 0 Å². The van der Waals surface area contributed by atoms with E-state index < -0.39 is 6.10 Å². The number of unbranched alkanes of at least 4 members (excludes halogenated alkanes) is 31. The van der Waals surface area contributed by atoms with Crippen LogP contribution in [0.4, 0.5) is 0 Å². The molecule has 0 N–H and O–H groups in total. The van der Waals surface area contributed by atoms with Crippen molar-refractivity contribution in [1.29, 1.82) is 0 Å². The third-order valence-corrected chi connectivity index (χ3v) is 12.5. The number of hydrogen-bond donors (Lipinski definition) is 0. The first-order valence-corrected chi connectivity index (χ1v) is 28.8. The second-order valence-electron chi connectivity index (χ2n) is 19.2. The van der Waals surface area contributed by atoms with E-state index in [1.165, 1.54) is 148 Å². The van der Waals surface area contributed by atoms with E-state index >= 15 is 0 Å². The molecule has 0 heterocycles. The summed E-state index contributed by atoms with van der Waals surface area (Å²) in [6.45, 7) is 6.51. The third kappa shape index (κ3) is 53.9. The zero-order valence-corrected chi connectivity index (χ0v) is 44.4. The van der Waals surface area contributed by atoms with Gasteiger partial charge in [0.05, 0.1) is 0 Å². The lowest BCUT2D eigenvalue weighted by molar-refractivity contribution is -0.167. The van der Waals surface area contributed by atoms with E-state index in [2.05, 4.69) is 81.5 Å². The summed E-state index contributed by atoms with van der Waals surface area (Å²) in [4.78, 5) is 38.1. The lowest BCUT2D eigenvalue weighted by atomic mass is 10.0. The molecule has 0 aliphatic rings. The summed E-state index contributed by atoms with van der Waals surface area (Å²) in [5, 5.41) is 0. The van der Waals surface area contributed by atoms with Crippen molar-refractivity contribution < 1.29 is 28.6 Å². The highest BCUT2D eigenvalue weighted by Gasteiger charge is 2.19. The van der Waals surface area contributed by atoms with E-state index in [4.69, 9.17) is 14.2 Å². The van der Waals surface area contributed by atoms with Crippen molar-refractivity contribution in [1.82, 2.24) is 0 Å². The van der Waals surface area contributed by atoms with Crippen LogP contribution in [0.25, 0.3) is 0 Å². The van der Waals surface area contributed by atoms with Gasteiger partial charge in [-0.05, 0) is 83.5 Å². The highest BCUT2D eigenvalue weighted by atomic mass is 16.6. The van der Waals surface area contributed by atoms with Crippen molar-refractivity contribution in [3.05, 3.63) is 60.8 Å². The van der Waals surface area contributed by atoms with Crippen LogP contribution in [-0.2, 0) is 28.6 Å². The Balaban J connectivity index is 4.38. The van der Waals surface area contributed by atoms with Crippen LogP contribution in [0, 0.1) is 0 Å². The molecule has 0 fully saturated rings. The molecular formula is C61H108O6. The standard InChI is InChI=1S/C61H108O6/c1-4-7-10-13-16-19-22-25-27-29-30-32-34-37-40-43-46-49-52-55-61(64)67-58(56-65-59(62)53-50-47-44-41-38-35-24-21-18-15-12-9-6-3)57-66-60(63)54-51-48-45-42-39-36-33-31-28-26-23-20-17-14-11-8-5-2/h8,11,17,20-21,24,26,28,33,36,58H,4-7,9-10,12-16,18-19,22-23,25,27,29-32,34-35,37-57H2,1-3H3/b11-8-,20-17-,24-21-,28-26-,36-33-/t58-/m0/s1. The van der Waals surface area contributed by atoms with Gasteiger partial charge >= 0.3 is 17.9 Å². The first-order valence-electron chi connectivity index (χ1n) is 28.8. The van der Waals surface area contributed by atoms with Crippen LogP contribution in [0.1, 0.15) is 290 Å². The van der Waals surface area contributed by atoms with E-state index in [0.717, 1.165) is 103 Å². The smallest absolute Gasteiger partial charge is 0.306 e. The Morgan fingerprint density at radius 2 is 0.582 bits per heavy atom. The summed E-state index contributed by atoms with van der Waals surface area (Å²) in [5.41, 5.74) is 0. The molecule has 1 atom stereocenters. The van der Waals surface area contributed by atoms with Crippen molar-refractivity contribution in [2.24, 2.45) is 0 Å². The van der Waals surface area contributed by atoms with E-state index in [1.807, 2.05) is 0 Å². The van der Waals surface area contributed by atoms with E-state index in [9.17, 15) is 14.4 Å². The van der Waals surface area contributed by atoms with Gasteiger partial charge < -0.3 is 14.2 Å². The molecule has 67 heavy (non-hydrogen) atoms. The predicted molar refractivity (Wildman–Crippen MR) is 288 cm³/mol. The van der Waals surface area contributed by atoms with Gasteiger partial charge in [-0.3, -0.25) is 14.4 Å². The molecule has 0 aliphatic carbocycles. The molecule has 0 unspecified atom stereocenters. The second kappa shape index (κ2) is 55.7. The Morgan fingerprint density at radius 3 is 0.940 bits per heavy atom. The van der Waals surface area contributed by atoms with Gasteiger partial charge in [0, 0.05) is 19.3 Å². The number of rotatable bonds is 52. The predicted octanol–water partition coefficient (Wildman–Crippen LogP) is 19.2.